The molecule has 0 aromatic carbocycles. The lowest BCUT2D eigenvalue weighted by molar-refractivity contribution is -0.114. The molecule has 0 aromatic heterocycles. The molecule has 10 heavy (non-hydrogen) atoms. The molecule has 0 aromatic rings. The zero-order valence-electron chi connectivity index (χ0n) is 6.18. The number of nitrogens with one attached hydrogen (secondary N) is 1. The number of amides is 2. The highest BCUT2D eigenvalue weighted by atomic mass is 16.2. The average molecular weight is 144 g/mol. The Morgan fingerprint density at radius 3 is 2.50 bits per heavy atom. The van der Waals surface area contributed by atoms with Gasteiger partial charge in [0.1, 0.15) is 6.29 Å². The first-order valence-corrected chi connectivity index (χ1v) is 2.97. The van der Waals surface area contributed by atoms with Gasteiger partial charge in [-0.25, -0.2) is 4.79 Å². The molecule has 4 nitrogen and oxygen atoms in total. The van der Waals surface area contributed by atoms with Crippen molar-refractivity contribution in [3.63, 3.8) is 0 Å². The minimum absolute atomic E-state index is 0.284. The molecule has 0 radical (unpaired) electrons. The Morgan fingerprint density at radius 1 is 1.70 bits per heavy atom. The molecular formula is C6H12N2O2. The van der Waals surface area contributed by atoms with Crippen molar-refractivity contribution in [1.82, 2.24) is 5.32 Å². The summed E-state index contributed by atoms with van der Waals surface area (Å²) in [5, 5.41) is 2.34. The number of rotatable bonds is 3. The van der Waals surface area contributed by atoms with Gasteiger partial charge in [-0.15, -0.1) is 0 Å². The molecule has 0 heterocycles. The smallest absolute Gasteiger partial charge is 0.312 e. The molecule has 0 unspecified atom stereocenters. The van der Waals surface area contributed by atoms with Gasteiger partial charge in [0.15, 0.2) is 0 Å². The van der Waals surface area contributed by atoms with Crippen LogP contribution in [0.2, 0.25) is 0 Å². The van der Waals surface area contributed by atoms with E-state index in [2.05, 4.69) is 5.32 Å². The van der Waals surface area contributed by atoms with Gasteiger partial charge in [-0.3, -0.25) is 0 Å². The number of nitrogens with two attached hydrogens (primary N) is 1. The first-order valence-electron chi connectivity index (χ1n) is 2.97. The summed E-state index contributed by atoms with van der Waals surface area (Å²) in [5.74, 6) is 0. The fourth-order valence-electron chi connectivity index (χ4n) is 0.357. The SMILES string of the molecule is CC(C)(C=O)CNC(N)=O. The van der Waals surface area contributed by atoms with E-state index >= 15 is 0 Å². The number of aldehydes is 1. The molecule has 0 saturated heterocycles. The van der Waals surface area contributed by atoms with Gasteiger partial charge in [-0.1, -0.05) is 13.8 Å². The Kier molecular flexibility index (Phi) is 2.86. The van der Waals surface area contributed by atoms with E-state index < -0.39 is 11.4 Å². The van der Waals surface area contributed by atoms with Crippen LogP contribution < -0.4 is 11.1 Å². The quantitative estimate of drug-likeness (QED) is 0.542. The van der Waals surface area contributed by atoms with Crippen LogP contribution in [0, 0.1) is 5.41 Å². The lowest BCUT2D eigenvalue weighted by Crippen LogP contribution is -2.37. The largest absolute Gasteiger partial charge is 0.352 e. The molecule has 58 valence electrons. The Morgan fingerprint density at radius 2 is 2.20 bits per heavy atom. The molecule has 0 bridgehead atoms. The van der Waals surface area contributed by atoms with E-state index in [0.29, 0.717) is 0 Å². The van der Waals surface area contributed by atoms with Crippen LogP contribution >= 0.6 is 0 Å². The van der Waals surface area contributed by atoms with Crippen molar-refractivity contribution in [3.8, 4) is 0 Å². The molecule has 0 saturated carbocycles. The lowest BCUT2D eigenvalue weighted by Gasteiger charge is -2.15. The maximum absolute atomic E-state index is 10.2. The molecule has 4 heteroatoms. The van der Waals surface area contributed by atoms with Crippen LogP contribution in [0.4, 0.5) is 4.79 Å². The van der Waals surface area contributed by atoms with E-state index in [-0.39, 0.29) is 6.54 Å². The molecule has 3 N–H and O–H groups in total. The predicted octanol–water partition coefficient (Wildman–Crippen LogP) is -0.120. The first kappa shape index (κ1) is 8.94. The normalized spacial score (nSPS) is 10.6. The minimum atomic E-state index is -0.602. The van der Waals surface area contributed by atoms with Crippen molar-refractivity contribution in [2.75, 3.05) is 6.54 Å². The van der Waals surface area contributed by atoms with Gasteiger partial charge in [-0.2, -0.15) is 0 Å². The number of primary amides is 1. The third-order valence-electron chi connectivity index (χ3n) is 1.04. The monoisotopic (exact) mass is 144 g/mol. The van der Waals surface area contributed by atoms with Crippen molar-refractivity contribution in [1.29, 1.82) is 0 Å². The fourth-order valence-corrected chi connectivity index (χ4v) is 0.357. The lowest BCUT2D eigenvalue weighted by atomic mass is 9.96. The summed E-state index contributed by atoms with van der Waals surface area (Å²) in [5.41, 5.74) is 4.27. The van der Waals surface area contributed by atoms with Crippen LogP contribution in [-0.2, 0) is 4.79 Å². The minimum Gasteiger partial charge on any atom is -0.352 e. The molecule has 0 aliphatic carbocycles. The first-order chi connectivity index (χ1) is 4.48. The van der Waals surface area contributed by atoms with Crippen molar-refractivity contribution in [2.24, 2.45) is 11.1 Å². The van der Waals surface area contributed by atoms with Gasteiger partial charge in [0, 0.05) is 12.0 Å². The summed E-state index contributed by atoms with van der Waals surface area (Å²) in [6.45, 7) is 3.72. The summed E-state index contributed by atoms with van der Waals surface area (Å²) in [6.07, 6.45) is 0.781. The van der Waals surface area contributed by atoms with Crippen LogP contribution in [-0.4, -0.2) is 18.9 Å². The highest BCUT2D eigenvalue weighted by molar-refractivity contribution is 5.72. The molecule has 2 amide bonds. The topological polar surface area (TPSA) is 72.2 Å². The van der Waals surface area contributed by atoms with Crippen LogP contribution in [0.15, 0.2) is 0 Å². The number of hydrogen-bond acceptors (Lipinski definition) is 2. The maximum atomic E-state index is 10.2. The Bertz CT molecular complexity index is 143. The number of urea groups is 1. The highest BCUT2D eigenvalue weighted by Gasteiger charge is 2.16. The van der Waals surface area contributed by atoms with Crippen molar-refractivity contribution >= 4 is 12.3 Å². The second-order valence-corrected chi connectivity index (χ2v) is 2.82. The van der Waals surface area contributed by atoms with Gasteiger partial charge in [0.25, 0.3) is 0 Å². The van der Waals surface area contributed by atoms with Gasteiger partial charge in [0.2, 0.25) is 0 Å². The number of carbonyl (C=O) groups is 2. The van der Waals surface area contributed by atoms with Gasteiger partial charge in [-0.05, 0) is 0 Å². The van der Waals surface area contributed by atoms with Crippen molar-refractivity contribution < 1.29 is 9.59 Å². The Balaban J connectivity index is 3.67. The summed E-state index contributed by atoms with van der Waals surface area (Å²) in [6, 6.07) is -0.602. The van der Waals surface area contributed by atoms with E-state index in [0.717, 1.165) is 6.29 Å². The van der Waals surface area contributed by atoms with Gasteiger partial charge < -0.3 is 15.8 Å². The van der Waals surface area contributed by atoms with E-state index in [1.807, 2.05) is 0 Å². The summed E-state index contributed by atoms with van der Waals surface area (Å²) >= 11 is 0. The van der Waals surface area contributed by atoms with Gasteiger partial charge >= 0.3 is 6.03 Å². The van der Waals surface area contributed by atoms with Crippen molar-refractivity contribution in [2.45, 2.75) is 13.8 Å². The van der Waals surface area contributed by atoms with Crippen molar-refractivity contribution in [3.05, 3.63) is 0 Å². The van der Waals surface area contributed by atoms with E-state index in [9.17, 15) is 9.59 Å². The molecular weight excluding hydrogens is 132 g/mol. The molecule has 0 aliphatic rings. The van der Waals surface area contributed by atoms with Gasteiger partial charge in [0.05, 0.1) is 0 Å². The van der Waals surface area contributed by atoms with Crippen LogP contribution in [0.25, 0.3) is 0 Å². The molecule has 0 rings (SSSR count). The molecule has 0 fully saturated rings. The van der Waals surface area contributed by atoms with E-state index in [4.69, 9.17) is 5.73 Å². The summed E-state index contributed by atoms with van der Waals surface area (Å²) < 4.78 is 0. The zero-order chi connectivity index (χ0) is 8.20. The van der Waals surface area contributed by atoms with Crippen LogP contribution in [0.5, 0.6) is 0 Å². The summed E-state index contributed by atoms with van der Waals surface area (Å²) in [7, 11) is 0. The predicted molar refractivity (Wildman–Crippen MR) is 37.4 cm³/mol. The third kappa shape index (κ3) is 3.88. The second-order valence-electron chi connectivity index (χ2n) is 2.82. The molecule has 0 aliphatic heterocycles. The fraction of sp³-hybridized carbons (Fsp3) is 0.667. The standard InChI is InChI=1S/C6H12N2O2/c1-6(2,4-9)3-8-5(7)10/h4H,3H2,1-2H3,(H3,7,8,10). The second kappa shape index (κ2) is 3.20. The third-order valence-corrected chi connectivity index (χ3v) is 1.04. The number of hydrogen-bond donors (Lipinski definition) is 2. The Labute approximate surface area is 59.8 Å². The maximum Gasteiger partial charge on any atom is 0.312 e. The van der Waals surface area contributed by atoms with E-state index in [1.54, 1.807) is 13.8 Å². The average Bonchev–Trinajstić information content (AvgIpc) is 1.85. The highest BCUT2D eigenvalue weighted by Crippen LogP contribution is 2.07. The number of carbonyl (C=O) groups excluding carboxylic acids is 2. The zero-order valence-corrected chi connectivity index (χ0v) is 6.18. The molecule has 0 spiro atoms. The summed E-state index contributed by atoms with van der Waals surface area (Å²) in [4.78, 5) is 20.4. The van der Waals surface area contributed by atoms with Crippen LogP contribution in [0.3, 0.4) is 0 Å². The Hall–Kier alpha value is -1.06. The van der Waals surface area contributed by atoms with Crippen LogP contribution in [0.1, 0.15) is 13.8 Å². The molecule has 0 atom stereocenters. The van der Waals surface area contributed by atoms with E-state index in [1.165, 1.54) is 0 Å².